The fourth-order valence-corrected chi connectivity index (χ4v) is 2.76. The minimum absolute atomic E-state index is 0.0147. The van der Waals surface area contributed by atoms with Crippen LogP contribution in [0.4, 0.5) is 5.69 Å². The first-order valence-electron chi connectivity index (χ1n) is 8.25. The average molecular weight is 360 g/mol. The van der Waals surface area contributed by atoms with Crippen LogP contribution in [0.1, 0.15) is 41.1 Å². The molecule has 2 unspecified atom stereocenters. The molecule has 2 N–H and O–H groups in total. The molecule has 0 radical (unpaired) electrons. The fraction of sp³-hybridized carbons (Fsp3) is 0.438. The van der Waals surface area contributed by atoms with Crippen LogP contribution in [0.25, 0.3) is 0 Å². The largest absolute Gasteiger partial charge is 0.341 e. The molecule has 2 atom stereocenters. The van der Waals surface area contributed by atoms with Gasteiger partial charge in [-0.25, -0.2) is 0 Å². The van der Waals surface area contributed by atoms with E-state index in [1.807, 2.05) is 7.05 Å². The van der Waals surface area contributed by atoms with Crippen molar-refractivity contribution < 1.29 is 14.2 Å². The van der Waals surface area contributed by atoms with Gasteiger partial charge in [-0.1, -0.05) is 11.2 Å². The third kappa shape index (κ3) is 3.86. The number of hydrogen-bond donors (Lipinski definition) is 2. The van der Waals surface area contributed by atoms with Gasteiger partial charge in [0.1, 0.15) is 6.04 Å². The van der Waals surface area contributed by atoms with Crippen molar-refractivity contribution in [2.45, 2.75) is 19.0 Å². The van der Waals surface area contributed by atoms with Gasteiger partial charge in [0, 0.05) is 37.3 Å². The van der Waals surface area contributed by atoms with Crippen LogP contribution in [-0.2, 0) is 0 Å². The highest BCUT2D eigenvalue weighted by Gasteiger charge is 2.27. The Morgan fingerprint density at radius 2 is 2.35 bits per heavy atom. The molecule has 2 aromatic rings. The first-order valence-corrected chi connectivity index (χ1v) is 8.25. The van der Waals surface area contributed by atoms with E-state index < -0.39 is 16.9 Å². The van der Waals surface area contributed by atoms with E-state index in [1.54, 1.807) is 6.92 Å². The second kappa shape index (κ2) is 7.58. The summed E-state index contributed by atoms with van der Waals surface area (Å²) in [5, 5.41) is 20.9. The summed E-state index contributed by atoms with van der Waals surface area (Å²) in [5.41, 5.74) is 0.0558. The van der Waals surface area contributed by atoms with E-state index in [1.165, 1.54) is 24.3 Å². The quantitative estimate of drug-likeness (QED) is 0.598. The number of benzene rings is 1. The molecular formula is C16H20N6O4. The number of piperazine rings is 1. The third-order valence-electron chi connectivity index (χ3n) is 4.30. The molecule has 3 rings (SSSR count). The van der Waals surface area contributed by atoms with Crippen molar-refractivity contribution in [3.05, 3.63) is 51.7 Å². The average Bonchev–Trinajstić information content (AvgIpc) is 3.12. The molecule has 1 aliphatic rings. The monoisotopic (exact) mass is 360 g/mol. The molecule has 0 saturated carbocycles. The number of nitrogens with zero attached hydrogens (tertiary/aromatic N) is 4. The molecule has 10 nitrogen and oxygen atoms in total. The Hall–Kier alpha value is -2.85. The molecule has 0 bridgehead atoms. The smallest absolute Gasteiger partial charge is 0.270 e. The van der Waals surface area contributed by atoms with Gasteiger partial charge in [-0.05, 0) is 20.0 Å². The molecule has 1 amide bonds. The van der Waals surface area contributed by atoms with Crippen LogP contribution < -0.4 is 10.6 Å². The number of aromatic nitrogens is 2. The Morgan fingerprint density at radius 3 is 3.08 bits per heavy atom. The normalized spacial score (nSPS) is 19.1. The van der Waals surface area contributed by atoms with Crippen molar-refractivity contribution in [3.63, 3.8) is 0 Å². The second-order valence-corrected chi connectivity index (χ2v) is 6.19. The lowest BCUT2D eigenvalue weighted by Crippen LogP contribution is -2.44. The minimum atomic E-state index is -0.542. The summed E-state index contributed by atoms with van der Waals surface area (Å²) >= 11 is 0. The van der Waals surface area contributed by atoms with E-state index in [2.05, 4.69) is 25.7 Å². The van der Waals surface area contributed by atoms with Crippen LogP contribution in [0, 0.1) is 10.1 Å². The van der Waals surface area contributed by atoms with Crippen molar-refractivity contribution in [1.29, 1.82) is 0 Å². The Balaban J connectivity index is 1.68. The number of carbonyl (C=O) groups is 1. The maximum absolute atomic E-state index is 12.3. The second-order valence-electron chi connectivity index (χ2n) is 6.19. The highest BCUT2D eigenvalue weighted by Crippen LogP contribution is 2.20. The number of nitro benzene ring substituents is 1. The summed E-state index contributed by atoms with van der Waals surface area (Å²) in [6.45, 7) is 4.24. The van der Waals surface area contributed by atoms with E-state index >= 15 is 0 Å². The van der Waals surface area contributed by atoms with E-state index in [-0.39, 0.29) is 23.2 Å². The summed E-state index contributed by atoms with van der Waals surface area (Å²) < 4.78 is 5.29. The zero-order chi connectivity index (χ0) is 18.7. The Labute approximate surface area is 149 Å². The zero-order valence-electron chi connectivity index (χ0n) is 14.5. The van der Waals surface area contributed by atoms with Gasteiger partial charge in [0.05, 0.1) is 11.0 Å². The molecule has 138 valence electrons. The zero-order valence-corrected chi connectivity index (χ0v) is 14.5. The number of rotatable bonds is 5. The molecule has 26 heavy (non-hydrogen) atoms. The first-order chi connectivity index (χ1) is 12.5. The van der Waals surface area contributed by atoms with Crippen molar-refractivity contribution in [2.24, 2.45) is 0 Å². The molecule has 1 aromatic heterocycles. The first kappa shape index (κ1) is 18.0. The highest BCUT2D eigenvalue weighted by molar-refractivity contribution is 5.94. The lowest BCUT2D eigenvalue weighted by Gasteiger charge is -2.30. The number of hydrogen-bond acceptors (Lipinski definition) is 8. The SMILES string of the molecule is CC(NC(=O)c1cccc([N+](=O)[O-])c1)c1nc(C2CNCCN2C)no1. The molecule has 0 spiro atoms. The standard InChI is InChI=1S/C16H20N6O4/c1-10(18-15(23)11-4-3-5-12(8-11)22(24)25)16-19-14(20-26-16)13-9-17-6-7-21(13)2/h3-5,8,10,13,17H,6-7,9H2,1-2H3,(H,18,23). The van der Waals surface area contributed by atoms with Gasteiger partial charge in [-0.15, -0.1) is 0 Å². The van der Waals surface area contributed by atoms with Crippen molar-refractivity contribution >= 4 is 11.6 Å². The van der Waals surface area contributed by atoms with E-state index in [0.717, 1.165) is 19.6 Å². The van der Waals surface area contributed by atoms with Gasteiger partial charge in [0.25, 0.3) is 11.6 Å². The lowest BCUT2D eigenvalue weighted by atomic mass is 10.1. The fourth-order valence-electron chi connectivity index (χ4n) is 2.76. The highest BCUT2D eigenvalue weighted by atomic mass is 16.6. The third-order valence-corrected chi connectivity index (χ3v) is 4.30. The van der Waals surface area contributed by atoms with Crippen LogP contribution in [0.5, 0.6) is 0 Å². The number of nitro groups is 1. The summed E-state index contributed by atoms with van der Waals surface area (Å²) in [6.07, 6.45) is 0. The van der Waals surface area contributed by atoms with Crippen molar-refractivity contribution in [2.75, 3.05) is 26.7 Å². The molecule has 1 fully saturated rings. The van der Waals surface area contributed by atoms with E-state index in [0.29, 0.717) is 5.82 Å². The van der Waals surface area contributed by atoms with Crippen LogP contribution in [0.3, 0.4) is 0 Å². The van der Waals surface area contributed by atoms with Crippen molar-refractivity contribution in [3.8, 4) is 0 Å². The van der Waals surface area contributed by atoms with Gasteiger partial charge in [-0.2, -0.15) is 4.98 Å². The van der Waals surface area contributed by atoms with Crippen LogP contribution in [0.15, 0.2) is 28.8 Å². The number of carbonyl (C=O) groups excluding carboxylic acids is 1. The molecule has 10 heteroatoms. The summed E-state index contributed by atoms with van der Waals surface area (Å²) in [7, 11) is 2.00. The van der Waals surface area contributed by atoms with Crippen LogP contribution >= 0.6 is 0 Å². The maximum atomic E-state index is 12.3. The molecule has 1 aromatic carbocycles. The van der Waals surface area contributed by atoms with Gasteiger partial charge >= 0.3 is 0 Å². The number of amides is 1. The summed E-state index contributed by atoms with van der Waals surface area (Å²) in [5.74, 6) is 0.404. The maximum Gasteiger partial charge on any atom is 0.270 e. The molecule has 0 aliphatic carbocycles. The summed E-state index contributed by atoms with van der Waals surface area (Å²) in [4.78, 5) is 29.1. The minimum Gasteiger partial charge on any atom is -0.341 e. The predicted molar refractivity (Wildman–Crippen MR) is 91.5 cm³/mol. The van der Waals surface area contributed by atoms with E-state index in [4.69, 9.17) is 4.52 Å². The van der Waals surface area contributed by atoms with Crippen LogP contribution in [0.2, 0.25) is 0 Å². The molecule has 2 heterocycles. The lowest BCUT2D eigenvalue weighted by molar-refractivity contribution is -0.384. The van der Waals surface area contributed by atoms with Gasteiger partial charge in [0.2, 0.25) is 5.89 Å². The molecular weight excluding hydrogens is 340 g/mol. The number of likely N-dealkylation sites (N-methyl/N-ethyl adjacent to an activating group) is 1. The summed E-state index contributed by atoms with van der Waals surface area (Å²) in [6, 6.07) is 5.03. The molecule has 1 aliphatic heterocycles. The molecule has 1 saturated heterocycles. The number of nitrogens with one attached hydrogen (secondary N) is 2. The number of non-ortho nitro benzene ring substituents is 1. The Morgan fingerprint density at radius 1 is 1.54 bits per heavy atom. The van der Waals surface area contributed by atoms with E-state index in [9.17, 15) is 14.9 Å². The van der Waals surface area contributed by atoms with Crippen molar-refractivity contribution in [1.82, 2.24) is 25.7 Å². The van der Waals surface area contributed by atoms with Gasteiger partial charge in [0.15, 0.2) is 5.82 Å². The Kier molecular flexibility index (Phi) is 5.24. The van der Waals surface area contributed by atoms with Crippen LogP contribution in [-0.4, -0.2) is 52.6 Å². The predicted octanol–water partition coefficient (Wildman–Crippen LogP) is 1.04. The van der Waals surface area contributed by atoms with Gasteiger partial charge < -0.3 is 15.2 Å². The topological polar surface area (TPSA) is 126 Å². The van der Waals surface area contributed by atoms with Gasteiger partial charge in [-0.3, -0.25) is 19.8 Å². The Bertz CT molecular complexity index is 808.